The summed E-state index contributed by atoms with van der Waals surface area (Å²) in [4.78, 5) is 26.9. The lowest BCUT2D eigenvalue weighted by Crippen LogP contribution is -2.37. The van der Waals surface area contributed by atoms with Crippen LogP contribution >= 0.6 is 11.6 Å². The van der Waals surface area contributed by atoms with Crippen molar-refractivity contribution in [2.24, 2.45) is 0 Å². The molecule has 2 aliphatic heterocycles. The second-order valence-electron chi connectivity index (χ2n) is 6.28. The number of carbonyl (C=O) groups is 2. The first-order valence-corrected chi connectivity index (χ1v) is 8.48. The summed E-state index contributed by atoms with van der Waals surface area (Å²) in [5.41, 5.74) is 3.75. The third-order valence-electron chi connectivity index (χ3n) is 4.66. The summed E-state index contributed by atoms with van der Waals surface area (Å²) in [5.74, 6) is -0.801. The Morgan fingerprint density at radius 3 is 2.68 bits per heavy atom. The summed E-state index contributed by atoms with van der Waals surface area (Å²) in [7, 11) is 0. The van der Waals surface area contributed by atoms with Crippen molar-refractivity contribution < 1.29 is 14.3 Å². The molecule has 0 radical (unpaired) electrons. The molecule has 0 aliphatic carbocycles. The number of hydrogen-bond donors (Lipinski definition) is 0. The monoisotopic (exact) mass is 353 g/mol. The van der Waals surface area contributed by atoms with Gasteiger partial charge in [0.15, 0.2) is 0 Å². The molecular weight excluding hydrogens is 338 g/mol. The largest absolute Gasteiger partial charge is 0.456 e. The third kappa shape index (κ3) is 2.63. The zero-order valence-electron chi connectivity index (χ0n) is 13.7. The summed E-state index contributed by atoms with van der Waals surface area (Å²) >= 11 is 6.32. The van der Waals surface area contributed by atoms with Crippen LogP contribution in [0.25, 0.3) is 0 Å². The maximum absolute atomic E-state index is 12.9. The van der Waals surface area contributed by atoms with Gasteiger partial charge < -0.3 is 4.74 Å². The second-order valence-corrected chi connectivity index (χ2v) is 6.69. The van der Waals surface area contributed by atoms with E-state index < -0.39 is 0 Å². The van der Waals surface area contributed by atoms with Crippen molar-refractivity contribution in [3.63, 3.8) is 0 Å². The minimum absolute atomic E-state index is 0.0624. The van der Waals surface area contributed by atoms with Crippen molar-refractivity contribution in [1.29, 1.82) is 0 Å². The average Bonchev–Trinajstić information content (AvgIpc) is 2.96. The van der Waals surface area contributed by atoms with Gasteiger partial charge in [-0.15, -0.1) is 0 Å². The number of halogens is 1. The maximum Gasteiger partial charge on any atom is 0.336 e. The fourth-order valence-electron chi connectivity index (χ4n) is 3.54. The van der Waals surface area contributed by atoms with Crippen LogP contribution in [0, 0.1) is 6.92 Å². The highest BCUT2D eigenvalue weighted by molar-refractivity contribution is 6.31. The van der Waals surface area contributed by atoms with Crippen LogP contribution in [-0.4, -0.2) is 18.5 Å². The first-order valence-electron chi connectivity index (χ1n) is 8.10. The molecule has 0 fully saturated rings. The van der Waals surface area contributed by atoms with Crippen molar-refractivity contribution in [1.82, 2.24) is 0 Å². The Balaban J connectivity index is 1.86. The number of anilines is 1. The number of aryl methyl sites for hydroxylation is 1. The van der Waals surface area contributed by atoms with Crippen LogP contribution in [0.3, 0.4) is 0 Å². The Bertz CT molecular complexity index is 919. The second kappa shape index (κ2) is 6.05. The fraction of sp³-hybridized carbons (Fsp3) is 0.200. The van der Waals surface area contributed by atoms with Crippen molar-refractivity contribution >= 4 is 29.2 Å². The van der Waals surface area contributed by atoms with Gasteiger partial charge in [-0.1, -0.05) is 41.9 Å². The molecule has 2 aromatic carbocycles. The molecule has 2 heterocycles. The number of rotatable bonds is 2. The molecule has 4 nitrogen and oxygen atoms in total. The van der Waals surface area contributed by atoms with Crippen molar-refractivity contribution in [2.75, 3.05) is 11.5 Å². The lowest BCUT2D eigenvalue weighted by molar-refractivity contribution is -0.136. The lowest BCUT2D eigenvalue weighted by atomic mass is 9.84. The topological polar surface area (TPSA) is 46.6 Å². The summed E-state index contributed by atoms with van der Waals surface area (Å²) in [6.45, 7) is 2.07. The molecular formula is C20H16ClNO3. The summed E-state index contributed by atoms with van der Waals surface area (Å²) in [6, 6.07) is 15.0. The van der Waals surface area contributed by atoms with Gasteiger partial charge in [0.25, 0.3) is 0 Å². The number of nitrogens with zero attached hydrogens (tertiary/aromatic N) is 1. The number of benzene rings is 2. The van der Waals surface area contributed by atoms with Crippen LogP contribution in [-0.2, 0) is 14.3 Å². The molecule has 1 amide bonds. The van der Waals surface area contributed by atoms with Crippen LogP contribution in [0.1, 0.15) is 23.5 Å². The molecule has 2 aromatic rings. The Kier molecular flexibility index (Phi) is 3.85. The Hall–Kier alpha value is -2.59. The molecule has 1 atom stereocenters. The van der Waals surface area contributed by atoms with Gasteiger partial charge in [0.1, 0.15) is 6.61 Å². The van der Waals surface area contributed by atoms with Gasteiger partial charge in [-0.25, -0.2) is 4.79 Å². The predicted molar refractivity (Wildman–Crippen MR) is 95.5 cm³/mol. The van der Waals surface area contributed by atoms with Crippen LogP contribution in [0.4, 0.5) is 5.69 Å². The molecule has 0 N–H and O–H groups in total. The van der Waals surface area contributed by atoms with E-state index in [1.807, 2.05) is 49.4 Å². The molecule has 1 unspecified atom stereocenters. The highest BCUT2D eigenvalue weighted by atomic mass is 35.5. The molecule has 0 bridgehead atoms. The average molecular weight is 354 g/mol. The smallest absolute Gasteiger partial charge is 0.336 e. The Morgan fingerprint density at radius 1 is 1.12 bits per heavy atom. The first-order chi connectivity index (χ1) is 12.1. The van der Waals surface area contributed by atoms with Gasteiger partial charge >= 0.3 is 5.97 Å². The van der Waals surface area contributed by atoms with E-state index in [1.54, 1.807) is 11.0 Å². The molecule has 0 saturated heterocycles. The van der Waals surface area contributed by atoms with E-state index in [1.165, 1.54) is 0 Å². The number of ether oxygens (including phenoxy) is 1. The molecule has 0 saturated carbocycles. The van der Waals surface area contributed by atoms with Gasteiger partial charge in [-0.05, 0) is 36.2 Å². The molecule has 2 aliphatic rings. The number of esters is 1. The fourth-order valence-corrected chi connectivity index (χ4v) is 3.81. The summed E-state index contributed by atoms with van der Waals surface area (Å²) < 4.78 is 5.27. The molecule has 25 heavy (non-hydrogen) atoms. The van der Waals surface area contributed by atoms with Gasteiger partial charge in [-0.2, -0.15) is 0 Å². The van der Waals surface area contributed by atoms with E-state index in [-0.39, 0.29) is 30.8 Å². The van der Waals surface area contributed by atoms with Gasteiger partial charge in [0.2, 0.25) is 5.91 Å². The van der Waals surface area contributed by atoms with Crippen molar-refractivity contribution in [3.8, 4) is 0 Å². The van der Waals surface area contributed by atoms with E-state index >= 15 is 0 Å². The number of cyclic esters (lactones) is 1. The maximum atomic E-state index is 12.9. The van der Waals surface area contributed by atoms with Crippen LogP contribution in [0.2, 0.25) is 5.02 Å². The van der Waals surface area contributed by atoms with Gasteiger partial charge in [0, 0.05) is 23.0 Å². The van der Waals surface area contributed by atoms with Crippen LogP contribution in [0.15, 0.2) is 59.8 Å². The number of carbonyl (C=O) groups excluding carboxylic acids is 2. The van der Waals surface area contributed by atoms with Crippen LogP contribution < -0.4 is 4.90 Å². The number of hydrogen-bond acceptors (Lipinski definition) is 3. The van der Waals surface area contributed by atoms with Gasteiger partial charge in [0.05, 0.1) is 11.3 Å². The summed E-state index contributed by atoms with van der Waals surface area (Å²) in [5, 5.41) is 0.552. The van der Waals surface area contributed by atoms with E-state index in [0.717, 1.165) is 16.8 Å². The lowest BCUT2D eigenvalue weighted by Gasteiger charge is -2.32. The normalized spacial score (nSPS) is 19.9. The minimum Gasteiger partial charge on any atom is -0.456 e. The standard InChI is InChI=1S/C20H16ClNO3/c1-12-5-4-6-13(9-12)22-17-11-25-20(24)19(17)15(10-18(22)23)14-7-2-3-8-16(14)21/h2-9,15H,10-11H2,1H3. The van der Waals surface area contributed by atoms with Crippen molar-refractivity contribution in [3.05, 3.63) is 76.0 Å². The van der Waals surface area contributed by atoms with E-state index in [9.17, 15) is 9.59 Å². The molecule has 0 spiro atoms. The molecule has 0 aromatic heterocycles. The molecule has 4 rings (SSSR count). The molecule has 5 heteroatoms. The zero-order valence-corrected chi connectivity index (χ0v) is 14.4. The molecule has 126 valence electrons. The van der Waals surface area contributed by atoms with E-state index in [2.05, 4.69) is 0 Å². The first kappa shape index (κ1) is 15.9. The van der Waals surface area contributed by atoms with Crippen LogP contribution in [0.5, 0.6) is 0 Å². The predicted octanol–water partition coefficient (Wildman–Crippen LogP) is 3.98. The Morgan fingerprint density at radius 2 is 1.92 bits per heavy atom. The summed E-state index contributed by atoms with van der Waals surface area (Å²) in [6.07, 6.45) is 0.186. The Labute approximate surface area is 150 Å². The van der Waals surface area contributed by atoms with E-state index in [4.69, 9.17) is 16.3 Å². The van der Waals surface area contributed by atoms with Crippen molar-refractivity contribution in [2.45, 2.75) is 19.3 Å². The highest BCUT2D eigenvalue weighted by Crippen LogP contribution is 2.43. The van der Waals surface area contributed by atoms with Gasteiger partial charge in [-0.3, -0.25) is 9.69 Å². The highest BCUT2D eigenvalue weighted by Gasteiger charge is 2.43. The van der Waals surface area contributed by atoms with E-state index in [0.29, 0.717) is 16.3 Å². The minimum atomic E-state index is -0.370. The quantitative estimate of drug-likeness (QED) is 0.767. The zero-order chi connectivity index (χ0) is 17.6. The number of amides is 1. The third-order valence-corrected chi connectivity index (χ3v) is 5.00. The SMILES string of the molecule is Cc1cccc(N2C(=O)CC(c3ccccc3Cl)C3=C2COC3=O)c1.